The molecule has 0 aliphatic carbocycles. The zero-order valence-corrected chi connectivity index (χ0v) is 17.5. The smallest absolute Gasteiger partial charge is 0.214 e. The summed E-state index contributed by atoms with van der Waals surface area (Å²) in [5.41, 5.74) is 7.46. The fourth-order valence-electron chi connectivity index (χ4n) is 3.14. The van der Waals surface area contributed by atoms with Crippen LogP contribution in [0.1, 0.15) is 70.8 Å². The Kier molecular flexibility index (Phi) is 11.8. The lowest BCUT2D eigenvalue weighted by Gasteiger charge is -2.25. The molecule has 0 aliphatic heterocycles. The molecule has 150 valence electrons. The fraction of sp³-hybridized carbons (Fsp3) is 0.714. The SMILES string of the molecule is CCCCCCCN(CC(N)Cc1ccccc1)S(=O)(=O)CCCCC. The average molecular weight is 383 g/mol. The summed E-state index contributed by atoms with van der Waals surface area (Å²) in [6, 6.07) is 9.89. The number of unbranched alkanes of at least 4 members (excludes halogenated alkanes) is 6. The van der Waals surface area contributed by atoms with Gasteiger partial charge in [0.15, 0.2) is 0 Å². The number of sulfonamides is 1. The molecule has 1 atom stereocenters. The lowest BCUT2D eigenvalue weighted by atomic mass is 10.1. The average Bonchev–Trinajstić information content (AvgIpc) is 2.61. The lowest BCUT2D eigenvalue weighted by Crippen LogP contribution is -2.43. The Morgan fingerprint density at radius 2 is 1.54 bits per heavy atom. The first-order chi connectivity index (χ1) is 12.5. The van der Waals surface area contributed by atoms with E-state index in [1.54, 1.807) is 4.31 Å². The minimum atomic E-state index is -3.22. The second-order valence-corrected chi connectivity index (χ2v) is 9.33. The number of benzene rings is 1. The van der Waals surface area contributed by atoms with Crippen LogP contribution in [0.15, 0.2) is 30.3 Å². The number of nitrogens with two attached hydrogens (primary N) is 1. The van der Waals surface area contributed by atoms with E-state index in [9.17, 15) is 8.42 Å². The number of hydrogen-bond acceptors (Lipinski definition) is 3. The van der Waals surface area contributed by atoms with Crippen molar-refractivity contribution in [2.45, 2.75) is 77.7 Å². The molecule has 0 aliphatic rings. The van der Waals surface area contributed by atoms with E-state index in [1.165, 1.54) is 19.3 Å². The molecule has 0 amide bonds. The van der Waals surface area contributed by atoms with Gasteiger partial charge in [-0.2, -0.15) is 0 Å². The maximum absolute atomic E-state index is 12.8. The first kappa shape index (κ1) is 23.1. The third-order valence-corrected chi connectivity index (χ3v) is 6.61. The normalized spacial score (nSPS) is 13.2. The third-order valence-electron chi connectivity index (χ3n) is 4.69. The van der Waals surface area contributed by atoms with Crippen LogP contribution in [0.5, 0.6) is 0 Å². The van der Waals surface area contributed by atoms with Crippen molar-refractivity contribution < 1.29 is 8.42 Å². The number of rotatable bonds is 15. The first-order valence-electron chi connectivity index (χ1n) is 10.3. The molecule has 1 unspecified atom stereocenters. The molecular formula is C21H38N2O2S. The van der Waals surface area contributed by atoms with Gasteiger partial charge in [0.2, 0.25) is 10.0 Å². The molecule has 0 aromatic heterocycles. The topological polar surface area (TPSA) is 63.4 Å². The standard InChI is InChI=1S/C21H38N2O2S/c1-3-5-7-8-12-16-23(26(24,25)17-13-6-4-2)19-21(22)18-20-14-10-9-11-15-20/h9-11,14-15,21H,3-8,12-13,16-19,22H2,1-2H3. The molecule has 0 saturated carbocycles. The van der Waals surface area contributed by atoms with Crippen molar-refractivity contribution >= 4 is 10.0 Å². The molecule has 0 fully saturated rings. The van der Waals surface area contributed by atoms with Gasteiger partial charge in [0, 0.05) is 19.1 Å². The van der Waals surface area contributed by atoms with Gasteiger partial charge in [0.25, 0.3) is 0 Å². The largest absolute Gasteiger partial charge is 0.326 e. The Labute approximate surface area is 161 Å². The van der Waals surface area contributed by atoms with Gasteiger partial charge in [-0.1, -0.05) is 82.7 Å². The van der Waals surface area contributed by atoms with Crippen LogP contribution in [0.3, 0.4) is 0 Å². The van der Waals surface area contributed by atoms with Crippen LogP contribution < -0.4 is 5.73 Å². The molecule has 0 radical (unpaired) electrons. The van der Waals surface area contributed by atoms with Crippen LogP contribution in [0.2, 0.25) is 0 Å². The van der Waals surface area contributed by atoms with Crippen molar-refractivity contribution in [2.24, 2.45) is 5.73 Å². The Morgan fingerprint density at radius 1 is 0.923 bits per heavy atom. The maximum Gasteiger partial charge on any atom is 0.214 e. The highest BCUT2D eigenvalue weighted by molar-refractivity contribution is 7.89. The predicted octanol–water partition coefficient (Wildman–Crippen LogP) is 4.35. The van der Waals surface area contributed by atoms with Crippen LogP contribution >= 0.6 is 0 Å². The summed E-state index contributed by atoms with van der Waals surface area (Å²) in [6.45, 7) is 5.29. The Hall–Kier alpha value is -0.910. The predicted molar refractivity (Wildman–Crippen MR) is 112 cm³/mol. The van der Waals surface area contributed by atoms with Crippen molar-refractivity contribution in [1.82, 2.24) is 4.31 Å². The highest BCUT2D eigenvalue weighted by atomic mass is 32.2. The van der Waals surface area contributed by atoms with E-state index in [-0.39, 0.29) is 11.8 Å². The molecule has 26 heavy (non-hydrogen) atoms. The van der Waals surface area contributed by atoms with E-state index in [0.29, 0.717) is 19.5 Å². The van der Waals surface area contributed by atoms with Gasteiger partial charge in [-0.15, -0.1) is 0 Å². The maximum atomic E-state index is 12.8. The van der Waals surface area contributed by atoms with Crippen molar-refractivity contribution in [3.05, 3.63) is 35.9 Å². The van der Waals surface area contributed by atoms with Crippen LogP contribution in [0.25, 0.3) is 0 Å². The fourth-order valence-corrected chi connectivity index (χ4v) is 4.80. The summed E-state index contributed by atoms with van der Waals surface area (Å²) in [4.78, 5) is 0. The summed E-state index contributed by atoms with van der Waals surface area (Å²) in [5, 5.41) is 0. The van der Waals surface area contributed by atoms with Crippen LogP contribution in [0.4, 0.5) is 0 Å². The molecule has 4 nitrogen and oxygen atoms in total. The molecule has 5 heteroatoms. The molecule has 1 rings (SSSR count). The highest BCUT2D eigenvalue weighted by Gasteiger charge is 2.23. The van der Waals surface area contributed by atoms with Crippen molar-refractivity contribution in [1.29, 1.82) is 0 Å². The second-order valence-electron chi connectivity index (χ2n) is 7.25. The van der Waals surface area contributed by atoms with Gasteiger partial charge < -0.3 is 5.73 Å². The van der Waals surface area contributed by atoms with Gasteiger partial charge >= 0.3 is 0 Å². The Balaban J connectivity index is 2.62. The summed E-state index contributed by atoms with van der Waals surface area (Å²) < 4.78 is 27.2. The van der Waals surface area contributed by atoms with Gasteiger partial charge in [-0.3, -0.25) is 0 Å². The van der Waals surface area contributed by atoms with Gasteiger partial charge in [0.1, 0.15) is 0 Å². The van der Waals surface area contributed by atoms with E-state index in [2.05, 4.69) is 13.8 Å². The quantitative estimate of drug-likeness (QED) is 0.459. The monoisotopic (exact) mass is 382 g/mol. The molecule has 0 saturated heterocycles. The lowest BCUT2D eigenvalue weighted by molar-refractivity contribution is 0.370. The van der Waals surface area contributed by atoms with Crippen molar-refractivity contribution in [2.75, 3.05) is 18.8 Å². The van der Waals surface area contributed by atoms with E-state index < -0.39 is 10.0 Å². The second kappa shape index (κ2) is 13.3. The third kappa shape index (κ3) is 9.70. The molecule has 0 bridgehead atoms. The van der Waals surface area contributed by atoms with Crippen LogP contribution in [-0.4, -0.2) is 37.6 Å². The molecule has 1 aromatic carbocycles. The van der Waals surface area contributed by atoms with Gasteiger partial charge in [-0.05, 0) is 24.8 Å². The number of nitrogens with zero attached hydrogens (tertiary/aromatic N) is 1. The van der Waals surface area contributed by atoms with E-state index in [1.807, 2.05) is 30.3 Å². The van der Waals surface area contributed by atoms with Crippen molar-refractivity contribution in [3.8, 4) is 0 Å². The van der Waals surface area contributed by atoms with Crippen LogP contribution in [0, 0.1) is 0 Å². The van der Waals surface area contributed by atoms with Crippen molar-refractivity contribution in [3.63, 3.8) is 0 Å². The summed E-state index contributed by atoms with van der Waals surface area (Å²) in [7, 11) is -3.22. The Morgan fingerprint density at radius 3 is 2.19 bits per heavy atom. The number of hydrogen-bond donors (Lipinski definition) is 1. The van der Waals surface area contributed by atoms with E-state index >= 15 is 0 Å². The highest BCUT2D eigenvalue weighted by Crippen LogP contribution is 2.12. The van der Waals surface area contributed by atoms with E-state index in [0.717, 1.165) is 37.7 Å². The van der Waals surface area contributed by atoms with Crippen LogP contribution in [-0.2, 0) is 16.4 Å². The van der Waals surface area contributed by atoms with Gasteiger partial charge in [0.05, 0.1) is 5.75 Å². The summed E-state index contributed by atoms with van der Waals surface area (Å²) in [5.74, 6) is 0.244. The molecular weight excluding hydrogens is 344 g/mol. The Bertz CT molecular complexity index is 561. The zero-order chi connectivity index (χ0) is 19.3. The molecule has 1 aromatic rings. The molecule has 0 heterocycles. The summed E-state index contributed by atoms with van der Waals surface area (Å²) >= 11 is 0. The van der Waals surface area contributed by atoms with Gasteiger partial charge in [-0.25, -0.2) is 12.7 Å². The zero-order valence-electron chi connectivity index (χ0n) is 16.7. The molecule has 0 spiro atoms. The minimum absolute atomic E-state index is 0.172. The van der Waals surface area contributed by atoms with E-state index in [4.69, 9.17) is 5.73 Å². The minimum Gasteiger partial charge on any atom is -0.326 e. The first-order valence-corrected chi connectivity index (χ1v) is 11.9. The summed E-state index contributed by atoms with van der Waals surface area (Å²) in [6.07, 6.45) is 9.03. The molecule has 2 N–H and O–H groups in total.